The van der Waals surface area contributed by atoms with Crippen LogP contribution in [0.25, 0.3) is 22.1 Å². The summed E-state index contributed by atoms with van der Waals surface area (Å²) in [6.07, 6.45) is 1.25. The third-order valence-electron chi connectivity index (χ3n) is 11.4. The molecular weight excluding hydrogens is 851 g/mol. The maximum absolute atomic E-state index is 13.4. The van der Waals surface area contributed by atoms with E-state index in [1.165, 1.54) is 0 Å². The van der Waals surface area contributed by atoms with Crippen LogP contribution in [-0.2, 0) is 23.6 Å². The summed E-state index contributed by atoms with van der Waals surface area (Å²) in [5.41, 5.74) is 3.42. The third kappa shape index (κ3) is 11.4. The largest absolute Gasteiger partial charge is 0.444 e. The summed E-state index contributed by atoms with van der Waals surface area (Å²) in [6.45, 7) is 12.1. The molecule has 2 amide bonds. The average Bonchev–Trinajstić information content (AvgIpc) is 4.17. The Hall–Kier alpha value is -5.14. The van der Waals surface area contributed by atoms with Crippen LogP contribution in [0.5, 0.6) is 0 Å². The van der Waals surface area contributed by atoms with Gasteiger partial charge in [0.25, 0.3) is 0 Å². The second-order valence-corrected chi connectivity index (χ2v) is 19.9. The Bertz CT molecular complexity index is 2410. The van der Waals surface area contributed by atoms with E-state index in [1.807, 2.05) is 125 Å². The molecule has 6 aromatic rings. The highest BCUT2D eigenvalue weighted by Crippen LogP contribution is 2.42. The molecule has 0 bridgehead atoms. The molecule has 12 nitrogen and oxygen atoms in total. The number of fused-ring (bicyclic) bond motifs is 2. The molecule has 4 atom stereocenters. The van der Waals surface area contributed by atoms with Crippen molar-refractivity contribution in [3.05, 3.63) is 130 Å². The summed E-state index contributed by atoms with van der Waals surface area (Å²) in [5.74, 6) is 1.99. The van der Waals surface area contributed by atoms with Gasteiger partial charge in [-0.05, 0) is 139 Å². The molecule has 0 aliphatic heterocycles. The lowest BCUT2D eigenvalue weighted by molar-refractivity contribution is -0.0116. The first kappa shape index (κ1) is 46.8. The molecule has 2 aliphatic rings. The zero-order chi connectivity index (χ0) is 46.1. The predicted octanol–water partition coefficient (Wildman–Crippen LogP) is 11.3. The molecule has 0 radical (unpaired) electrons. The number of amides is 2. The van der Waals surface area contributed by atoms with Crippen LogP contribution in [0, 0.1) is 11.8 Å². The van der Waals surface area contributed by atoms with Gasteiger partial charge in [0.1, 0.15) is 47.1 Å². The van der Waals surface area contributed by atoms with Gasteiger partial charge < -0.3 is 28.8 Å². The quantitative estimate of drug-likeness (QED) is 0.124. The SMILES string of the molecule is Cn1c([C@@H]([C@@H](O)c2cccc(Cl)c2)N(CC2CC2)C(=O)OC(C)(C)C)nc2ccccc21.Cn1c([C@H]([C@H](O)c2cccc(Cl)c2)N(CC2CC2)C(=O)OC(C)(C)C)nc2ccccc21. The van der Waals surface area contributed by atoms with Crippen LogP contribution in [0.15, 0.2) is 97.1 Å². The first-order valence-electron chi connectivity index (χ1n) is 22.0. The highest BCUT2D eigenvalue weighted by atomic mass is 35.5. The molecule has 2 aliphatic carbocycles. The minimum Gasteiger partial charge on any atom is -0.444 e. The molecular formula is C50H60Cl2N6O6. The molecule has 8 rings (SSSR count). The van der Waals surface area contributed by atoms with E-state index in [1.54, 1.807) is 46.2 Å². The predicted molar refractivity (Wildman–Crippen MR) is 251 cm³/mol. The third-order valence-corrected chi connectivity index (χ3v) is 11.9. The van der Waals surface area contributed by atoms with Gasteiger partial charge in [0.2, 0.25) is 0 Å². The van der Waals surface area contributed by atoms with Crippen LogP contribution >= 0.6 is 23.2 Å². The Balaban J connectivity index is 0.000000191. The summed E-state index contributed by atoms with van der Waals surface area (Å²) in [7, 11) is 3.82. The highest BCUT2D eigenvalue weighted by Gasteiger charge is 2.42. The highest BCUT2D eigenvalue weighted by molar-refractivity contribution is 6.30. The van der Waals surface area contributed by atoms with Crippen LogP contribution < -0.4 is 0 Å². The summed E-state index contributed by atoms with van der Waals surface area (Å²) in [6, 6.07) is 28.3. The van der Waals surface area contributed by atoms with Gasteiger partial charge in [-0.25, -0.2) is 19.6 Å². The molecule has 340 valence electrons. The molecule has 0 unspecified atom stereocenters. The van der Waals surface area contributed by atoms with Gasteiger partial charge >= 0.3 is 12.2 Å². The van der Waals surface area contributed by atoms with E-state index in [0.717, 1.165) is 47.8 Å². The maximum Gasteiger partial charge on any atom is 0.411 e. The van der Waals surface area contributed by atoms with Crippen LogP contribution in [0.4, 0.5) is 9.59 Å². The van der Waals surface area contributed by atoms with Gasteiger partial charge in [0.05, 0.1) is 22.1 Å². The second kappa shape index (κ2) is 19.1. The summed E-state index contributed by atoms with van der Waals surface area (Å²) < 4.78 is 15.4. The van der Waals surface area contributed by atoms with Crippen molar-refractivity contribution in [2.75, 3.05) is 13.1 Å². The number of nitrogens with zero attached hydrogens (tertiary/aromatic N) is 6. The number of para-hydroxylation sites is 4. The van der Waals surface area contributed by atoms with Gasteiger partial charge in [-0.15, -0.1) is 0 Å². The van der Waals surface area contributed by atoms with Crippen molar-refractivity contribution in [1.82, 2.24) is 28.9 Å². The smallest absolute Gasteiger partial charge is 0.411 e. The Morgan fingerprint density at radius 1 is 0.625 bits per heavy atom. The average molecular weight is 912 g/mol. The van der Waals surface area contributed by atoms with Crippen molar-refractivity contribution in [3.8, 4) is 0 Å². The van der Waals surface area contributed by atoms with Gasteiger partial charge in [-0.2, -0.15) is 0 Å². The van der Waals surface area contributed by atoms with E-state index in [2.05, 4.69) is 0 Å². The van der Waals surface area contributed by atoms with Crippen molar-refractivity contribution < 1.29 is 29.3 Å². The summed E-state index contributed by atoms with van der Waals surface area (Å²) >= 11 is 12.4. The molecule has 14 heteroatoms. The second-order valence-electron chi connectivity index (χ2n) is 19.1. The fourth-order valence-corrected chi connectivity index (χ4v) is 8.30. The molecule has 4 aromatic carbocycles. The number of aliphatic hydroxyl groups excluding tert-OH is 2. The maximum atomic E-state index is 13.4. The minimum atomic E-state index is -1.03. The van der Waals surface area contributed by atoms with E-state index in [9.17, 15) is 19.8 Å². The molecule has 64 heavy (non-hydrogen) atoms. The fraction of sp³-hybridized carbons (Fsp3) is 0.440. The van der Waals surface area contributed by atoms with Gasteiger partial charge in [0.15, 0.2) is 0 Å². The number of hydrogen-bond donors (Lipinski definition) is 2. The first-order chi connectivity index (χ1) is 30.3. The van der Waals surface area contributed by atoms with Crippen LogP contribution in [0.1, 0.15) is 114 Å². The normalized spacial score (nSPS) is 16.1. The van der Waals surface area contributed by atoms with Gasteiger partial charge in [0, 0.05) is 37.2 Å². The van der Waals surface area contributed by atoms with Crippen molar-refractivity contribution in [2.24, 2.45) is 25.9 Å². The van der Waals surface area contributed by atoms with Crippen molar-refractivity contribution in [1.29, 1.82) is 0 Å². The number of halogens is 2. The number of carbonyl (C=O) groups excluding carboxylic acids is 2. The molecule has 2 N–H and O–H groups in total. The monoisotopic (exact) mass is 910 g/mol. The number of carbonyl (C=O) groups is 2. The van der Waals surface area contributed by atoms with Crippen molar-refractivity contribution in [2.45, 2.75) is 103 Å². The molecule has 0 saturated heterocycles. The fourth-order valence-electron chi connectivity index (χ4n) is 7.91. The standard InChI is InChI=1S/2C25H30ClN3O3/c2*1-25(2,3)32-24(31)29(15-16-12-13-16)21(22(30)17-8-7-9-18(26)14-17)23-27-19-10-5-6-11-20(19)28(23)4/h2*5-11,14,16,21-22,30H,12-13,15H2,1-4H3/t2*21-,22+/m10/s1. The van der Waals surface area contributed by atoms with E-state index in [-0.39, 0.29) is 0 Å². The number of imidazole rings is 2. The number of aliphatic hydroxyl groups is 2. The van der Waals surface area contributed by atoms with E-state index >= 15 is 0 Å². The Morgan fingerprint density at radius 2 is 0.984 bits per heavy atom. The Morgan fingerprint density at radius 3 is 1.30 bits per heavy atom. The topological polar surface area (TPSA) is 135 Å². The molecule has 0 spiro atoms. The molecule has 2 saturated carbocycles. The molecule has 2 aromatic heterocycles. The van der Waals surface area contributed by atoms with Gasteiger partial charge in [-0.1, -0.05) is 71.7 Å². The van der Waals surface area contributed by atoms with E-state index < -0.39 is 47.7 Å². The lowest BCUT2D eigenvalue weighted by Crippen LogP contribution is -2.43. The summed E-state index contributed by atoms with van der Waals surface area (Å²) in [4.78, 5) is 39.7. The lowest BCUT2D eigenvalue weighted by atomic mass is 9.99. The Labute approximate surface area is 385 Å². The zero-order valence-corrected chi connectivity index (χ0v) is 39.4. The van der Waals surface area contributed by atoms with Crippen molar-refractivity contribution >= 4 is 57.5 Å². The van der Waals surface area contributed by atoms with Gasteiger partial charge in [-0.3, -0.25) is 9.80 Å². The molecule has 2 fully saturated rings. The first-order valence-corrected chi connectivity index (χ1v) is 22.7. The number of benzene rings is 4. The van der Waals surface area contributed by atoms with Crippen LogP contribution in [-0.4, -0.2) is 75.6 Å². The van der Waals surface area contributed by atoms with Crippen molar-refractivity contribution in [3.63, 3.8) is 0 Å². The zero-order valence-electron chi connectivity index (χ0n) is 37.9. The number of aryl methyl sites for hydroxylation is 2. The number of hydrogen-bond acceptors (Lipinski definition) is 8. The number of ether oxygens (including phenoxy) is 2. The van der Waals surface area contributed by atoms with E-state index in [4.69, 9.17) is 42.6 Å². The summed E-state index contributed by atoms with van der Waals surface area (Å²) in [5, 5.41) is 24.2. The van der Waals surface area contributed by atoms with E-state index in [0.29, 0.717) is 57.7 Å². The number of rotatable bonds is 12. The van der Waals surface area contributed by atoms with Crippen LogP contribution in [0.2, 0.25) is 10.0 Å². The number of aromatic nitrogens is 4. The molecule has 2 heterocycles. The minimum absolute atomic E-state index is 0.395. The Kier molecular flexibility index (Phi) is 14.0. The van der Waals surface area contributed by atoms with Crippen LogP contribution in [0.3, 0.4) is 0 Å². The lowest BCUT2D eigenvalue weighted by Gasteiger charge is -2.36.